The van der Waals surface area contributed by atoms with Crippen molar-refractivity contribution in [2.24, 2.45) is 5.92 Å². The van der Waals surface area contributed by atoms with Gasteiger partial charge in [0.25, 0.3) is 0 Å². The van der Waals surface area contributed by atoms with Gasteiger partial charge in [0.2, 0.25) is 0 Å². The number of piperidine rings is 1. The average Bonchev–Trinajstić information content (AvgIpc) is 2.27. The van der Waals surface area contributed by atoms with Crippen molar-refractivity contribution >= 4 is 5.69 Å². The Balaban J connectivity index is 2.33. The van der Waals surface area contributed by atoms with Crippen LogP contribution in [0.25, 0.3) is 0 Å². The molecule has 0 bridgehead atoms. The van der Waals surface area contributed by atoms with Gasteiger partial charge in [0.05, 0.1) is 0 Å². The highest BCUT2D eigenvalue weighted by Gasteiger charge is 2.34. The van der Waals surface area contributed by atoms with Crippen LogP contribution in [0.1, 0.15) is 37.8 Å². The summed E-state index contributed by atoms with van der Waals surface area (Å²) in [5.41, 5.74) is 4.11. The lowest BCUT2D eigenvalue weighted by Gasteiger charge is -2.47. The van der Waals surface area contributed by atoms with E-state index >= 15 is 0 Å². The van der Waals surface area contributed by atoms with Crippen molar-refractivity contribution in [1.82, 2.24) is 0 Å². The number of hydrogen-bond acceptors (Lipinski definition) is 2. The zero-order valence-corrected chi connectivity index (χ0v) is 12.0. The molecular weight excluding hydrogens is 222 g/mol. The van der Waals surface area contributed by atoms with Gasteiger partial charge in [0, 0.05) is 24.4 Å². The molecule has 0 radical (unpaired) electrons. The summed E-state index contributed by atoms with van der Waals surface area (Å²) in [6.45, 7) is 10.2. The van der Waals surface area contributed by atoms with Gasteiger partial charge in [-0.15, -0.1) is 0 Å². The maximum atomic E-state index is 9.41. The second kappa shape index (κ2) is 4.93. The van der Waals surface area contributed by atoms with E-state index in [0.29, 0.717) is 12.5 Å². The molecule has 0 spiro atoms. The molecule has 1 fully saturated rings. The number of rotatable bonds is 2. The smallest absolute Gasteiger partial charge is 0.0476 e. The van der Waals surface area contributed by atoms with Gasteiger partial charge in [0.15, 0.2) is 0 Å². The molecule has 18 heavy (non-hydrogen) atoms. The van der Waals surface area contributed by atoms with Crippen LogP contribution in [0.5, 0.6) is 0 Å². The summed E-state index contributed by atoms with van der Waals surface area (Å²) < 4.78 is 0. The van der Waals surface area contributed by atoms with E-state index in [-0.39, 0.29) is 5.54 Å². The summed E-state index contributed by atoms with van der Waals surface area (Å²) >= 11 is 0. The molecule has 100 valence electrons. The van der Waals surface area contributed by atoms with Crippen molar-refractivity contribution in [3.63, 3.8) is 0 Å². The molecule has 1 unspecified atom stereocenters. The summed E-state index contributed by atoms with van der Waals surface area (Å²) in [5, 5.41) is 9.41. The van der Waals surface area contributed by atoms with Gasteiger partial charge in [-0.3, -0.25) is 0 Å². The third-order valence-corrected chi connectivity index (χ3v) is 4.11. The summed E-state index contributed by atoms with van der Waals surface area (Å²) in [5.74, 6) is 0.416. The minimum Gasteiger partial charge on any atom is -0.396 e. The van der Waals surface area contributed by atoms with Crippen molar-refractivity contribution in [2.45, 2.75) is 46.1 Å². The Morgan fingerprint density at radius 2 is 1.83 bits per heavy atom. The second-order valence-electron chi connectivity index (χ2n) is 6.36. The van der Waals surface area contributed by atoms with Crippen molar-refractivity contribution in [1.29, 1.82) is 0 Å². The van der Waals surface area contributed by atoms with Gasteiger partial charge < -0.3 is 10.0 Å². The SMILES string of the molecule is Cc1cc(C)cc(N2CC(CO)CCC2(C)C)c1. The molecule has 0 aromatic heterocycles. The molecule has 1 aromatic rings. The lowest BCUT2D eigenvalue weighted by atomic mass is 9.84. The summed E-state index contributed by atoms with van der Waals surface area (Å²) in [7, 11) is 0. The largest absolute Gasteiger partial charge is 0.396 e. The van der Waals surface area contributed by atoms with Crippen molar-refractivity contribution in [3.05, 3.63) is 29.3 Å². The first-order valence-electron chi connectivity index (χ1n) is 6.89. The Hall–Kier alpha value is -1.02. The molecule has 2 heteroatoms. The van der Waals surface area contributed by atoms with E-state index < -0.39 is 0 Å². The Morgan fingerprint density at radius 3 is 2.39 bits per heavy atom. The normalized spacial score (nSPS) is 23.2. The number of aryl methyl sites for hydroxylation is 2. The van der Waals surface area contributed by atoms with Crippen molar-refractivity contribution < 1.29 is 5.11 Å². The minimum absolute atomic E-state index is 0.186. The molecule has 1 aliphatic heterocycles. The lowest BCUT2D eigenvalue weighted by molar-refractivity contribution is 0.181. The minimum atomic E-state index is 0.186. The monoisotopic (exact) mass is 247 g/mol. The van der Waals surface area contributed by atoms with Gasteiger partial charge in [-0.25, -0.2) is 0 Å². The molecule has 1 N–H and O–H groups in total. The van der Waals surface area contributed by atoms with Crippen LogP contribution in [0.3, 0.4) is 0 Å². The van der Waals surface area contributed by atoms with Crippen LogP contribution in [0, 0.1) is 19.8 Å². The first-order chi connectivity index (χ1) is 8.42. The van der Waals surface area contributed by atoms with Crippen LogP contribution in [0.15, 0.2) is 18.2 Å². The Bertz CT molecular complexity index is 405. The van der Waals surface area contributed by atoms with E-state index in [9.17, 15) is 5.11 Å². The number of nitrogens with zero attached hydrogens (tertiary/aromatic N) is 1. The highest BCUT2D eigenvalue weighted by Crippen LogP contribution is 2.35. The number of benzene rings is 1. The van der Waals surface area contributed by atoms with Crippen LogP contribution in [-0.2, 0) is 0 Å². The fourth-order valence-electron chi connectivity index (χ4n) is 3.00. The predicted molar refractivity (Wildman–Crippen MR) is 77.2 cm³/mol. The van der Waals surface area contributed by atoms with E-state index in [1.807, 2.05) is 0 Å². The summed E-state index contributed by atoms with van der Waals surface area (Å²) in [4.78, 5) is 2.47. The van der Waals surface area contributed by atoms with E-state index in [4.69, 9.17) is 0 Å². The average molecular weight is 247 g/mol. The van der Waals surface area contributed by atoms with Gasteiger partial charge in [0.1, 0.15) is 0 Å². The highest BCUT2D eigenvalue weighted by atomic mass is 16.3. The molecule has 2 nitrogen and oxygen atoms in total. The maximum Gasteiger partial charge on any atom is 0.0476 e. The summed E-state index contributed by atoms with van der Waals surface area (Å²) in [6, 6.07) is 6.73. The Labute approximate surface area is 111 Å². The molecular formula is C16H25NO. The fraction of sp³-hybridized carbons (Fsp3) is 0.625. The molecule has 0 amide bonds. The third kappa shape index (κ3) is 2.69. The number of aliphatic hydroxyl groups is 1. The Morgan fingerprint density at radius 1 is 1.22 bits per heavy atom. The quantitative estimate of drug-likeness (QED) is 0.867. The maximum absolute atomic E-state index is 9.41. The molecule has 0 saturated carbocycles. The van der Waals surface area contributed by atoms with E-state index in [0.717, 1.165) is 19.4 Å². The van der Waals surface area contributed by atoms with E-state index in [1.54, 1.807) is 0 Å². The van der Waals surface area contributed by atoms with Crippen LogP contribution in [0.4, 0.5) is 5.69 Å². The van der Waals surface area contributed by atoms with E-state index in [2.05, 4.69) is 50.8 Å². The second-order valence-corrected chi connectivity index (χ2v) is 6.36. The zero-order valence-electron chi connectivity index (χ0n) is 12.0. The molecule has 1 atom stereocenters. The van der Waals surface area contributed by atoms with Gasteiger partial charge in [-0.1, -0.05) is 6.07 Å². The topological polar surface area (TPSA) is 23.5 Å². The molecule has 1 heterocycles. The third-order valence-electron chi connectivity index (χ3n) is 4.11. The van der Waals surface area contributed by atoms with Gasteiger partial charge >= 0.3 is 0 Å². The highest BCUT2D eigenvalue weighted by molar-refractivity contribution is 5.53. The van der Waals surface area contributed by atoms with Crippen LogP contribution >= 0.6 is 0 Å². The summed E-state index contributed by atoms with van der Waals surface area (Å²) in [6.07, 6.45) is 2.27. The van der Waals surface area contributed by atoms with E-state index in [1.165, 1.54) is 16.8 Å². The number of hydrogen-bond donors (Lipinski definition) is 1. The molecule has 2 rings (SSSR count). The fourth-order valence-corrected chi connectivity index (χ4v) is 3.00. The van der Waals surface area contributed by atoms with Gasteiger partial charge in [-0.2, -0.15) is 0 Å². The molecule has 1 aromatic carbocycles. The Kier molecular flexibility index (Phi) is 3.67. The first kappa shape index (κ1) is 13.4. The molecule has 0 aliphatic carbocycles. The van der Waals surface area contributed by atoms with Gasteiger partial charge in [-0.05, 0) is 69.7 Å². The molecule has 1 aliphatic rings. The first-order valence-corrected chi connectivity index (χ1v) is 6.89. The zero-order chi connectivity index (χ0) is 13.3. The van der Waals surface area contributed by atoms with Crippen LogP contribution in [0.2, 0.25) is 0 Å². The predicted octanol–water partition coefficient (Wildman–Crippen LogP) is 3.29. The van der Waals surface area contributed by atoms with Crippen molar-refractivity contribution in [2.75, 3.05) is 18.1 Å². The van der Waals surface area contributed by atoms with Crippen LogP contribution in [-0.4, -0.2) is 23.8 Å². The lowest BCUT2D eigenvalue weighted by Crippen LogP contribution is -2.51. The van der Waals surface area contributed by atoms with Crippen LogP contribution < -0.4 is 4.90 Å². The standard InChI is InChI=1S/C16H25NO/c1-12-7-13(2)9-15(8-12)17-10-14(11-18)5-6-16(17,3)4/h7-9,14,18H,5-6,10-11H2,1-4H3. The number of anilines is 1. The number of aliphatic hydroxyl groups excluding tert-OH is 1. The molecule has 1 saturated heterocycles. The van der Waals surface area contributed by atoms with Crippen molar-refractivity contribution in [3.8, 4) is 0 Å².